The van der Waals surface area contributed by atoms with Gasteiger partial charge in [0.15, 0.2) is 0 Å². The number of rotatable bonds is 3. The summed E-state index contributed by atoms with van der Waals surface area (Å²) in [6, 6.07) is 0. The third-order valence-corrected chi connectivity index (χ3v) is 2.34. The number of hydrogen-bond donors (Lipinski definition) is 0. The van der Waals surface area contributed by atoms with Gasteiger partial charge in [-0.3, -0.25) is 14.6 Å². The highest BCUT2D eigenvalue weighted by molar-refractivity contribution is 5.87. The van der Waals surface area contributed by atoms with Crippen LogP contribution < -0.4 is 0 Å². The first-order valence-corrected chi connectivity index (χ1v) is 4.92. The van der Waals surface area contributed by atoms with E-state index in [9.17, 15) is 4.79 Å². The summed E-state index contributed by atoms with van der Waals surface area (Å²) in [4.78, 5) is 17.6. The second kappa shape index (κ2) is 5.12. The molecule has 0 atom stereocenters. The van der Waals surface area contributed by atoms with Gasteiger partial charge in [-0.05, 0) is 20.2 Å². The summed E-state index contributed by atoms with van der Waals surface area (Å²) in [5.74, 6) is 0.0505. The van der Waals surface area contributed by atoms with Crippen molar-refractivity contribution in [1.29, 1.82) is 0 Å². The largest absolute Gasteiger partial charge is 0.337 e. The molecule has 1 rings (SSSR count). The van der Waals surface area contributed by atoms with E-state index in [0.29, 0.717) is 0 Å². The van der Waals surface area contributed by atoms with Gasteiger partial charge in [0.25, 0.3) is 0 Å². The number of carbonyl (C=O) groups is 1. The summed E-state index contributed by atoms with van der Waals surface area (Å²) in [5.41, 5.74) is 0. The second-order valence-electron chi connectivity index (χ2n) is 3.87. The molecule has 0 aliphatic carbocycles. The van der Waals surface area contributed by atoms with Gasteiger partial charge in [-0.25, -0.2) is 0 Å². The van der Waals surface area contributed by atoms with Gasteiger partial charge in [0.05, 0.1) is 6.67 Å². The van der Waals surface area contributed by atoms with Crippen molar-refractivity contribution in [2.45, 2.75) is 0 Å². The molecule has 1 amide bonds. The predicted octanol–water partition coefficient (Wildman–Crippen LogP) is -0.164. The molecule has 1 aliphatic heterocycles. The fourth-order valence-electron chi connectivity index (χ4n) is 1.64. The van der Waals surface area contributed by atoms with Crippen LogP contribution >= 0.6 is 0 Å². The van der Waals surface area contributed by atoms with Gasteiger partial charge in [0, 0.05) is 26.2 Å². The molecule has 1 heterocycles. The summed E-state index contributed by atoms with van der Waals surface area (Å²) in [7, 11) is 4.11. The van der Waals surface area contributed by atoms with E-state index in [-0.39, 0.29) is 5.91 Å². The quantitative estimate of drug-likeness (QED) is 0.588. The van der Waals surface area contributed by atoms with E-state index < -0.39 is 0 Å². The van der Waals surface area contributed by atoms with Gasteiger partial charge in [-0.15, -0.1) is 0 Å². The Morgan fingerprint density at radius 3 is 2.36 bits per heavy atom. The van der Waals surface area contributed by atoms with E-state index in [0.717, 1.165) is 32.8 Å². The summed E-state index contributed by atoms with van der Waals surface area (Å²) in [5, 5.41) is 0. The monoisotopic (exact) mass is 197 g/mol. The molecule has 14 heavy (non-hydrogen) atoms. The molecule has 1 fully saturated rings. The normalized spacial score (nSPS) is 18.6. The molecule has 0 bridgehead atoms. The maximum absolute atomic E-state index is 11.3. The zero-order valence-electron chi connectivity index (χ0n) is 9.07. The van der Waals surface area contributed by atoms with Crippen LogP contribution in [-0.2, 0) is 4.79 Å². The van der Waals surface area contributed by atoms with Crippen LogP contribution in [0.15, 0.2) is 12.7 Å². The topological polar surface area (TPSA) is 26.8 Å². The fraction of sp³-hybridized carbons (Fsp3) is 0.700. The molecule has 4 heteroatoms. The van der Waals surface area contributed by atoms with Gasteiger partial charge >= 0.3 is 0 Å². The molecule has 0 aromatic heterocycles. The first-order valence-electron chi connectivity index (χ1n) is 4.92. The smallest absolute Gasteiger partial charge is 0.246 e. The molecule has 0 saturated carbocycles. The van der Waals surface area contributed by atoms with E-state index in [4.69, 9.17) is 0 Å². The van der Waals surface area contributed by atoms with Gasteiger partial charge in [-0.2, -0.15) is 0 Å². The predicted molar refractivity (Wildman–Crippen MR) is 56.9 cm³/mol. The van der Waals surface area contributed by atoms with Gasteiger partial charge in [-0.1, -0.05) is 6.58 Å². The van der Waals surface area contributed by atoms with E-state index >= 15 is 0 Å². The van der Waals surface area contributed by atoms with Gasteiger partial charge < -0.3 is 4.90 Å². The Balaban J connectivity index is 2.31. The Bertz CT molecular complexity index is 207. The molecule has 4 nitrogen and oxygen atoms in total. The standard InChI is InChI=1S/C10H19N3O/c1-4-10(14)13-7-5-12(6-8-13)9-11(2)3/h4H,1,5-9H2,2-3H3. The number of piperazine rings is 1. The molecule has 80 valence electrons. The molecule has 0 aromatic carbocycles. The lowest BCUT2D eigenvalue weighted by Crippen LogP contribution is -2.50. The highest BCUT2D eigenvalue weighted by Crippen LogP contribution is 2.02. The van der Waals surface area contributed by atoms with Crippen molar-refractivity contribution in [1.82, 2.24) is 14.7 Å². The van der Waals surface area contributed by atoms with Crippen molar-refractivity contribution in [2.75, 3.05) is 46.9 Å². The fourth-order valence-corrected chi connectivity index (χ4v) is 1.64. The lowest BCUT2D eigenvalue weighted by atomic mass is 10.3. The van der Waals surface area contributed by atoms with Crippen molar-refractivity contribution in [3.8, 4) is 0 Å². The molecule has 1 saturated heterocycles. The molecular weight excluding hydrogens is 178 g/mol. The molecule has 1 aliphatic rings. The van der Waals surface area contributed by atoms with Crippen LogP contribution in [0.4, 0.5) is 0 Å². The summed E-state index contributed by atoms with van der Waals surface area (Å²) in [6.07, 6.45) is 1.39. The van der Waals surface area contributed by atoms with Crippen LogP contribution in [0.2, 0.25) is 0 Å². The lowest BCUT2D eigenvalue weighted by molar-refractivity contribution is -0.127. The van der Waals surface area contributed by atoms with Crippen molar-refractivity contribution in [3.63, 3.8) is 0 Å². The van der Waals surface area contributed by atoms with Crippen LogP contribution in [0.25, 0.3) is 0 Å². The maximum Gasteiger partial charge on any atom is 0.246 e. The summed E-state index contributed by atoms with van der Waals surface area (Å²) < 4.78 is 0. The average molecular weight is 197 g/mol. The Hall–Kier alpha value is -0.870. The summed E-state index contributed by atoms with van der Waals surface area (Å²) >= 11 is 0. The van der Waals surface area contributed by atoms with Gasteiger partial charge in [0.1, 0.15) is 0 Å². The number of hydrogen-bond acceptors (Lipinski definition) is 3. The Labute approximate surface area is 85.8 Å². The Kier molecular flexibility index (Phi) is 4.10. The van der Waals surface area contributed by atoms with Crippen LogP contribution in [0.1, 0.15) is 0 Å². The van der Waals surface area contributed by atoms with Crippen LogP contribution in [0, 0.1) is 0 Å². The number of carbonyl (C=O) groups excluding carboxylic acids is 1. The van der Waals surface area contributed by atoms with Crippen LogP contribution in [0.3, 0.4) is 0 Å². The lowest BCUT2D eigenvalue weighted by Gasteiger charge is -2.35. The Morgan fingerprint density at radius 2 is 1.93 bits per heavy atom. The van der Waals surface area contributed by atoms with Crippen molar-refractivity contribution in [2.24, 2.45) is 0 Å². The SMILES string of the molecule is C=CC(=O)N1CCN(CN(C)C)CC1. The number of amides is 1. The van der Waals surface area contributed by atoms with E-state index in [1.807, 2.05) is 4.90 Å². The first kappa shape index (κ1) is 11.2. The third kappa shape index (κ3) is 3.12. The van der Waals surface area contributed by atoms with Crippen molar-refractivity contribution < 1.29 is 4.79 Å². The highest BCUT2D eigenvalue weighted by Gasteiger charge is 2.18. The minimum absolute atomic E-state index is 0.0505. The molecular formula is C10H19N3O. The molecule has 0 N–H and O–H groups in total. The van der Waals surface area contributed by atoms with Crippen LogP contribution in [0.5, 0.6) is 0 Å². The molecule has 0 aromatic rings. The third-order valence-electron chi connectivity index (χ3n) is 2.34. The van der Waals surface area contributed by atoms with E-state index in [1.54, 1.807) is 0 Å². The zero-order valence-corrected chi connectivity index (χ0v) is 9.07. The van der Waals surface area contributed by atoms with Crippen molar-refractivity contribution in [3.05, 3.63) is 12.7 Å². The molecule has 0 spiro atoms. The summed E-state index contributed by atoms with van der Waals surface area (Å²) in [6.45, 7) is 8.01. The molecule has 0 radical (unpaired) electrons. The molecule has 0 unspecified atom stereocenters. The second-order valence-corrected chi connectivity index (χ2v) is 3.87. The first-order chi connectivity index (χ1) is 6.63. The average Bonchev–Trinajstić information content (AvgIpc) is 2.17. The Morgan fingerprint density at radius 1 is 1.36 bits per heavy atom. The highest BCUT2D eigenvalue weighted by atomic mass is 16.2. The van der Waals surface area contributed by atoms with E-state index in [2.05, 4.69) is 30.5 Å². The minimum atomic E-state index is 0.0505. The number of nitrogens with zero attached hydrogens (tertiary/aromatic N) is 3. The van der Waals surface area contributed by atoms with Crippen LogP contribution in [-0.4, -0.2) is 67.5 Å². The zero-order chi connectivity index (χ0) is 10.6. The van der Waals surface area contributed by atoms with Crippen molar-refractivity contribution >= 4 is 5.91 Å². The minimum Gasteiger partial charge on any atom is -0.337 e. The van der Waals surface area contributed by atoms with E-state index in [1.165, 1.54) is 6.08 Å². The maximum atomic E-state index is 11.3. The van der Waals surface area contributed by atoms with Gasteiger partial charge in [0.2, 0.25) is 5.91 Å².